The monoisotopic (exact) mass is 340 g/mol. The zero-order valence-electron chi connectivity index (χ0n) is 12.6. The van der Waals surface area contributed by atoms with Crippen LogP contribution in [0.25, 0.3) is 0 Å². The topological polar surface area (TPSA) is 26.7 Å². The van der Waals surface area contributed by atoms with Gasteiger partial charge in [-0.25, -0.2) is 0 Å². The fraction of sp³-hybridized carbons (Fsp3) is 0.625. The average molecular weight is 341 g/mol. The largest absolute Gasteiger partial charge is 0.389 e. The second-order valence-electron chi connectivity index (χ2n) is 5.49. The number of likely N-dealkylation sites (N-methyl/N-ethyl adjacent to an activating group) is 1. The zero-order valence-corrected chi connectivity index (χ0v) is 14.2. The Morgan fingerprint density at radius 2 is 2.10 bits per heavy atom. The van der Waals surface area contributed by atoms with Crippen molar-refractivity contribution in [2.45, 2.75) is 39.3 Å². The van der Waals surface area contributed by atoms with Gasteiger partial charge in [0, 0.05) is 34.9 Å². The van der Waals surface area contributed by atoms with Gasteiger partial charge in [0.1, 0.15) is 0 Å². The van der Waals surface area contributed by atoms with Crippen LogP contribution in [0, 0.1) is 0 Å². The highest BCUT2D eigenvalue weighted by atomic mass is 79.9. The Hall–Kier alpha value is -0.580. The van der Waals surface area contributed by atoms with E-state index in [2.05, 4.69) is 51.7 Å². The second-order valence-corrected chi connectivity index (χ2v) is 6.40. The maximum absolute atomic E-state index is 10.00. The molecule has 0 spiro atoms. The van der Waals surface area contributed by atoms with Crippen molar-refractivity contribution in [3.8, 4) is 0 Å². The molecule has 1 fully saturated rings. The van der Waals surface area contributed by atoms with Crippen molar-refractivity contribution in [1.82, 2.24) is 4.90 Å². The van der Waals surface area contributed by atoms with E-state index in [9.17, 15) is 5.11 Å². The minimum absolute atomic E-state index is 0.435. The molecule has 2 unspecified atom stereocenters. The van der Waals surface area contributed by atoms with E-state index in [1.807, 2.05) is 13.0 Å². The third-order valence-electron chi connectivity index (χ3n) is 4.27. The number of aliphatic hydroxyl groups excluding tert-OH is 1. The standard InChI is InChI=1S/C16H25BrN2O/c1-4-18(5-2)14-8-9-19(11-14)16-7-6-13(17)10-15(16)12(3)20/h6-7,10,12,14,20H,4-5,8-9,11H2,1-3H3. The molecule has 0 saturated carbocycles. The van der Waals surface area contributed by atoms with Crippen LogP contribution in [0.2, 0.25) is 0 Å². The number of rotatable bonds is 5. The SMILES string of the molecule is CCN(CC)C1CCN(c2ccc(Br)cc2C(C)O)C1. The van der Waals surface area contributed by atoms with Gasteiger partial charge in [0.25, 0.3) is 0 Å². The minimum Gasteiger partial charge on any atom is -0.389 e. The predicted molar refractivity (Wildman–Crippen MR) is 88.3 cm³/mol. The molecule has 1 aromatic carbocycles. The van der Waals surface area contributed by atoms with E-state index in [0.717, 1.165) is 36.2 Å². The van der Waals surface area contributed by atoms with Crippen molar-refractivity contribution in [3.05, 3.63) is 28.2 Å². The van der Waals surface area contributed by atoms with Gasteiger partial charge in [-0.15, -0.1) is 0 Å². The molecule has 0 aliphatic carbocycles. The molecule has 1 aliphatic heterocycles. The van der Waals surface area contributed by atoms with Crippen LogP contribution in [-0.2, 0) is 0 Å². The molecule has 1 aliphatic rings. The van der Waals surface area contributed by atoms with Crippen LogP contribution in [-0.4, -0.2) is 42.2 Å². The van der Waals surface area contributed by atoms with Gasteiger partial charge in [0.15, 0.2) is 0 Å². The Labute approximate surface area is 130 Å². The summed E-state index contributed by atoms with van der Waals surface area (Å²) in [6.07, 6.45) is 0.770. The average Bonchev–Trinajstić information content (AvgIpc) is 2.89. The van der Waals surface area contributed by atoms with Gasteiger partial charge >= 0.3 is 0 Å². The van der Waals surface area contributed by atoms with Crippen LogP contribution in [0.3, 0.4) is 0 Å². The van der Waals surface area contributed by atoms with Crippen LogP contribution < -0.4 is 4.90 Å². The molecule has 1 heterocycles. The van der Waals surface area contributed by atoms with E-state index in [-0.39, 0.29) is 0 Å². The number of aliphatic hydroxyl groups is 1. The number of halogens is 1. The molecule has 1 N–H and O–H groups in total. The van der Waals surface area contributed by atoms with Crippen LogP contribution in [0.15, 0.2) is 22.7 Å². The molecular weight excluding hydrogens is 316 g/mol. The molecule has 20 heavy (non-hydrogen) atoms. The Kier molecular flexibility index (Phi) is 5.47. The highest BCUT2D eigenvalue weighted by Crippen LogP contribution is 2.32. The van der Waals surface area contributed by atoms with Crippen LogP contribution in [0.1, 0.15) is 38.9 Å². The lowest BCUT2D eigenvalue weighted by Gasteiger charge is -2.28. The van der Waals surface area contributed by atoms with Crippen LogP contribution >= 0.6 is 15.9 Å². The molecule has 0 amide bonds. The summed E-state index contributed by atoms with van der Waals surface area (Å²) in [4.78, 5) is 4.94. The maximum Gasteiger partial charge on any atom is 0.0782 e. The number of hydrogen-bond donors (Lipinski definition) is 1. The highest BCUT2D eigenvalue weighted by molar-refractivity contribution is 9.10. The molecule has 112 valence electrons. The van der Waals surface area contributed by atoms with Gasteiger partial charge in [-0.05, 0) is 44.6 Å². The van der Waals surface area contributed by atoms with Gasteiger partial charge in [-0.3, -0.25) is 4.90 Å². The van der Waals surface area contributed by atoms with Gasteiger partial charge in [0.05, 0.1) is 6.10 Å². The fourth-order valence-electron chi connectivity index (χ4n) is 3.15. The zero-order chi connectivity index (χ0) is 14.7. The van der Waals surface area contributed by atoms with Gasteiger partial charge in [0.2, 0.25) is 0 Å². The summed E-state index contributed by atoms with van der Waals surface area (Å²) in [6.45, 7) is 10.6. The van der Waals surface area contributed by atoms with E-state index in [4.69, 9.17) is 0 Å². The fourth-order valence-corrected chi connectivity index (χ4v) is 3.53. The molecule has 0 radical (unpaired) electrons. The Balaban J connectivity index is 2.18. The highest BCUT2D eigenvalue weighted by Gasteiger charge is 2.27. The summed E-state index contributed by atoms with van der Waals surface area (Å²) < 4.78 is 1.02. The first-order valence-corrected chi connectivity index (χ1v) is 8.32. The van der Waals surface area contributed by atoms with E-state index in [0.29, 0.717) is 6.04 Å². The third-order valence-corrected chi connectivity index (χ3v) is 4.77. The first-order chi connectivity index (χ1) is 9.56. The van der Waals surface area contributed by atoms with E-state index < -0.39 is 6.10 Å². The normalized spacial score (nSPS) is 20.7. The Morgan fingerprint density at radius 3 is 2.70 bits per heavy atom. The van der Waals surface area contributed by atoms with E-state index in [1.165, 1.54) is 12.1 Å². The molecule has 1 saturated heterocycles. The predicted octanol–water partition coefficient (Wildman–Crippen LogP) is 3.42. The minimum atomic E-state index is -0.435. The summed E-state index contributed by atoms with van der Waals surface area (Å²) >= 11 is 3.49. The molecule has 0 bridgehead atoms. The van der Waals surface area contributed by atoms with Crippen molar-refractivity contribution in [3.63, 3.8) is 0 Å². The summed E-state index contributed by atoms with van der Waals surface area (Å²) in [5.41, 5.74) is 2.19. The second kappa shape index (κ2) is 6.92. The van der Waals surface area contributed by atoms with Gasteiger partial charge in [-0.2, -0.15) is 0 Å². The lowest BCUT2D eigenvalue weighted by Crippen LogP contribution is -2.37. The summed E-state index contributed by atoms with van der Waals surface area (Å²) in [5, 5.41) is 10.00. The lowest BCUT2D eigenvalue weighted by molar-refractivity contribution is 0.199. The van der Waals surface area contributed by atoms with Crippen molar-refractivity contribution >= 4 is 21.6 Å². The van der Waals surface area contributed by atoms with Gasteiger partial charge < -0.3 is 10.0 Å². The summed E-state index contributed by atoms with van der Waals surface area (Å²) in [5.74, 6) is 0. The first-order valence-electron chi connectivity index (χ1n) is 7.53. The maximum atomic E-state index is 10.00. The lowest BCUT2D eigenvalue weighted by atomic mass is 10.1. The van der Waals surface area contributed by atoms with Crippen LogP contribution in [0.4, 0.5) is 5.69 Å². The van der Waals surface area contributed by atoms with E-state index >= 15 is 0 Å². The molecule has 4 heteroatoms. The van der Waals surface area contributed by atoms with Crippen molar-refractivity contribution < 1.29 is 5.11 Å². The van der Waals surface area contributed by atoms with Gasteiger partial charge in [-0.1, -0.05) is 29.8 Å². The summed E-state index contributed by atoms with van der Waals surface area (Å²) in [6, 6.07) is 6.85. The third kappa shape index (κ3) is 3.35. The number of hydrogen-bond acceptors (Lipinski definition) is 3. The first kappa shape index (κ1) is 15.8. The van der Waals surface area contributed by atoms with Crippen molar-refractivity contribution in [2.75, 3.05) is 31.1 Å². The molecule has 2 rings (SSSR count). The van der Waals surface area contributed by atoms with E-state index in [1.54, 1.807) is 0 Å². The molecule has 1 aromatic rings. The Bertz CT molecular complexity index is 446. The molecule has 0 aromatic heterocycles. The summed E-state index contributed by atoms with van der Waals surface area (Å²) in [7, 11) is 0. The van der Waals surface area contributed by atoms with Crippen LogP contribution in [0.5, 0.6) is 0 Å². The Morgan fingerprint density at radius 1 is 1.40 bits per heavy atom. The van der Waals surface area contributed by atoms with Crippen molar-refractivity contribution in [1.29, 1.82) is 0 Å². The molecule has 3 nitrogen and oxygen atoms in total. The number of anilines is 1. The molecular formula is C16H25BrN2O. The quantitative estimate of drug-likeness (QED) is 0.889. The molecule has 2 atom stereocenters. The number of nitrogens with zero attached hydrogens (tertiary/aromatic N) is 2. The van der Waals surface area contributed by atoms with Crippen molar-refractivity contribution in [2.24, 2.45) is 0 Å². The smallest absolute Gasteiger partial charge is 0.0782 e. The number of benzene rings is 1.